The van der Waals surface area contributed by atoms with Crippen LogP contribution in [0.1, 0.15) is 51.4 Å². The largest absolute Gasteiger partial charge is 0.481 e. The second-order valence-electron chi connectivity index (χ2n) is 6.63. The van der Waals surface area contributed by atoms with Crippen LogP contribution in [0, 0.1) is 10.8 Å². The maximum Gasteiger partial charge on any atom is 0.307 e. The van der Waals surface area contributed by atoms with Crippen molar-refractivity contribution in [3.8, 4) is 0 Å². The molecule has 6 N–H and O–H groups in total. The van der Waals surface area contributed by atoms with Crippen molar-refractivity contribution in [2.75, 3.05) is 13.5 Å². The van der Waals surface area contributed by atoms with Crippen molar-refractivity contribution >= 4 is 23.9 Å². The van der Waals surface area contributed by atoms with Crippen LogP contribution in [0.2, 0.25) is 0 Å². The van der Waals surface area contributed by atoms with Crippen molar-refractivity contribution in [2.45, 2.75) is 51.4 Å². The number of carboxylic acids is 2. The predicted molar refractivity (Wildman–Crippen MR) is 87.4 cm³/mol. The zero-order valence-electron chi connectivity index (χ0n) is 14.6. The lowest BCUT2D eigenvalue weighted by Crippen LogP contribution is -2.50. The second kappa shape index (κ2) is 9.48. The number of hydrogen-bond donors (Lipinski definition) is 4. The van der Waals surface area contributed by atoms with E-state index < -0.39 is 47.5 Å². The highest BCUT2D eigenvalue weighted by molar-refractivity contribution is 5.77. The molecule has 10 heteroatoms. The van der Waals surface area contributed by atoms with Gasteiger partial charge in [-0.1, -0.05) is 12.8 Å². The smallest absolute Gasteiger partial charge is 0.307 e. The van der Waals surface area contributed by atoms with Gasteiger partial charge in [0, 0.05) is 0 Å². The SMILES string of the molecule is NCOC(=O)CC1(CC(=O)OCN)CCCCC1(CC(=O)O)CC(=O)O. The molecule has 0 aromatic heterocycles. The third-order valence-electron chi connectivity index (χ3n) is 5.12. The zero-order valence-corrected chi connectivity index (χ0v) is 14.6. The fraction of sp³-hybridized carbons (Fsp3) is 0.750. The van der Waals surface area contributed by atoms with E-state index in [0.29, 0.717) is 19.3 Å². The van der Waals surface area contributed by atoms with Gasteiger partial charge in [-0.25, -0.2) is 0 Å². The number of carboxylic acid groups (broad SMARTS) is 2. The van der Waals surface area contributed by atoms with Crippen LogP contribution in [0.5, 0.6) is 0 Å². The van der Waals surface area contributed by atoms with Gasteiger partial charge in [0.15, 0.2) is 0 Å². The lowest BCUT2D eigenvalue weighted by Gasteiger charge is -2.52. The van der Waals surface area contributed by atoms with Crippen LogP contribution in [-0.4, -0.2) is 47.6 Å². The molecule has 1 rings (SSSR count). The number of carbonyl (C=O) groups excluding carboxylic acids is 2. The van der Waals surface area contributed by atoms with E-state index in [1.165, 1.54) is 0 Å². The molecular formula is C16H26N2O8. The Morgan fingerprint density at radius 2 is 1.08 bits per heavy atom. The number of ether oxygens (including phenoxy) is 2. The first kappa shape index (κ1) is 21.8. The quantitative estimate of drug-likeness (QED) is 0.304. The summed E-state index contributed by atoms with van der Waals surface area (Å²) >= 11 is 0. The first-order chi connectivity index (χ1) is 12.2. The van der Waals surface area contributed by atoms with Gasteiger partial charge in [-0.2, -0.15) is 0 Å². The molecule has 1 aliphatic carbocycles. The fourth-order valence-electron chi connectivity index (χ4n) is 4.11. The maximum absolute atomic E-state index is 12.1. The number of esters is 2. The molecule has 0 unspecified atom stereocenters. The Bertz CT molecular complexity index is 512. The van der Waals surface area contributed by atoms with E-state index in [2.05, 4.69) is 0 Å². The lowest BCUT2D eigenvalue weighted by atomic mass is 9.50. The van der Waals surface area contributed by atoms with Crippen LogP contribution < -0.4 is 11.5 Å². The molecule has 0 heterocycles. The summed E-state index contributed by atoms with van der Waals surface area (Å²) < 4.78 is 9.56. The molecule has 0 aliphatic heterocycles. The van der Waals surface area contributed by atoms with Gasteiger partial charge in [-0.15, -0.1) is 0 Å². The molecule has 1 fully saturated rings. The first-order valence-electron chi connectivity index (χ1n) is 8.35. The van der Waals surface area contributed by atoms with Crippen molar-refractivity contribution in [3.63, 3.8) is 0 Å². The molecule has 26 heavy (non-hydrogen) atoms. The van der Waals surface area contributed by atoms with Crippen molar-refractivity contribution in [1.82, 2.24) is 0 Å². The highest BCUT2D eigenvalue weighted by atomic mass is 16.5. The number of hydrogen-bond acceptors (Lipinski definition) is 8. The molecule has 0 atom stereocenters. The Balaban J connectivity index is 3.38. The number of carbonyl (C=O) groups is 4. The molecule has 0 bridgehead atoms. The summed E-state index contributed by atoms with van der Waals surface area (Å²) in [6, 6.07) is 0. The summed E-state index contributed by atoms with van der Waals surface area (Å²) in [6.07, 6.45) is 0.183. The maximum atomic E-state index is 12.1. The monoisotopic (exact) mass is 374 g/mol. The molecule has 0 aromatic carbocycles. The molecular weight excluding hydrogens is 348 g/mol. The van der Waals surface area contributed by atoms with Gasteiger partial charge in [0.2, 0.25) is 0 Å². The fourth-order valence-corrected chi connectivity index (χ4v) is 4.11. The summed E-state index contributed by atoms with van der Waals surface area (Å²) in [4.78, 5) is 47.3. The van der Waals surface area contributed by atoms with Crippen LogP contribution in [0.3, 0.4) is 0 Å². The zero-order chi connectivity index (χ0) is 19.8. The molecule has 10 nitrogen and oxygen atoms in total. The van der Waals surface area contributed by atoms with E-state index in [1.807, 2.05) is 0 Å². The lowest BCUT2D eigenvalue weighted by molar-refractivity contribution is -0.169. The van der Waals surface area contributed by atoms with Gasteiger partial charge >= 0.3 is 23.9 Å². The van der Waals surface area contributed by atoms with E-state index in [4.69, 9.17) is 20.9 Å². The van der Waals surface area contributed by atoms with E-state index in [0.717, 1.165) is 0 Å². The molecule has 1 saturated carbocycles. The molecule has 0 saturated heterocycles. The minimum absolute atomic E-state index is 0.261. The van der Waals surface area contributed by atoms with Crippen molar-refractivity contribution < 1.29 is 38.9 Å². The topological polar surface area (TPSA) is 179 Å². The number of nitrogens with two attached hydrogens (primary N) is 2. The summed E-state index contributed by atoms with van der Waals surface area (Å²) in [5.41, 5.74) is 7.92. The van der Waals surface area contributed by atoms with Crippen LogP contribution in [0.25, 0.3) is 0 Å². The number of aliphatic carboxylic acids is 2. The summed E-state index contributed by atoms with van der Waals surface area (Å²) in [5.74, 6) is -3.82. The first-order valence-corrected chi connectivity index (χ1v) is 8.35. The molecule has 0 spiro atoms. The van der Waals surface area contributed by atoms with Crippen molar-refractivity contribution in [1.29, 1.82) is 0 Å². The van der Waals surface area contributed by atoms with Gasteiger partial charge in [-0.3, -0.25) is 30.6 Å². The standard InChI is InChI=1S/C16H26N2O8/c17-9-25-13(23)7-16(8-14(24)26-10-18)4-2-1-3-15(16,5-11(19)20)6-12(21)22/h1-10,17-18H2,(H,19,20)(H,21,22). The highest BCUT2D eigenvalue weighted by Crippen LogP contribution is 2.59. The molecule has 0 amide bonds. The molecule has 1 aliphatic rings. The Morgan fingerprint density at radius 3 is 1.38 bits per heavy atom. The summed E-state index contributed by atoms with van der Waals surface area (Å²) in [5, 5.41) is 18.8. The minimum atomic E-state index is -1.29. The van der Waals surface area contributed by atoms with Crippen molar-refractivity contribution in [2.24, 2.45) is 22.3 Å². The Kier molecular flexibility index (Phi) is 7.97. The van der Waals surface area contributed by atoms with Crippen LogP contribution in [0.4, 0.5) is 0 Å². The van der Waals surface area contributed by atoms with Crippen LogP contribution in [0.15, 0.2) is 0 Å². The van der Waals surface area contributed by atoms with E-state index in [1.54, 1.807) is 0 Å². The van der Waals surface area contributed by atoms with Crippen LogP contribution >= 0.6 is 0 Å². The van der Waals surface area contributed by atoms with E-state index >= 15 is 0 Å². The highest BCUT2D eigenvalue weighted by Gasteiger charge is 2.56. The summed E-state index contributed by atoms with van der Waals surface area (Å²) in [7, 11) is 0. The molecule has 0 aromatic rings. The number of rotatable bonds is 10. The average Bonchev–Trinajstić information content (AvgIpc) is 2.49. The van der Waals surface area contributed by atoms with Crippen LogP contribution in [-0.2, 0) is 28.7 Å². The van der Waals surface area contributed by atoms with E-state index in [9.17, 15) is 29.4 Å². The second-order valence-corrected chi connectivity index (χ2v) is 6.63. The van der Waals surface area contributed by atoms with Gasteiger partial charge in [0.1, 0.15) is 13.5 Å². The predicted octanol–water partition coefficient (Wildman–Crippen LogP) is 0.182. The van der Waals surface area contributed by atoms with E-state index in [-0.39, 0.29) is 32.7 Å². The third-order valence-corrected chi connectivity index (χ3v) is 5.12. The van der Waals surface area contributed by atoms with Gasteiger partial charge in [-0.05, 0) is 23.7 Å². The normalized spacial score (nSPS) is 17.9. The van der Waals surface area contributed by atoms with Gasteiger partial charge < -0.3 is 19.7 Å². The Morgan fingerprint density at radius 1 is 0.731 bits per heavy atom. The van der Waals surface area contributed by atoms with Gasteiger partial charge in [0.05, 0.1) is 25.7 Å². The average molecular weight is 374 g/mol. The molecule has 0 radical (unpaired) electrons. The Labute approximate surface area is 150 Å². The minimum Gasteiger partial charge on any atom is -0.481 e. The summed E-state index contributed by atoms with van der Waals surface area (Å²) in [6.45, 7) is -0.736. The van der Waals surface area contributed by atoms with Crippen molar-refractivity contribution in [3.05, 3.63) is 0 Å². The third kappa shape index (κ3) is 5.40. The van der Waals surface area contributed by atoms with Gasteiger partial charge in [0.25, 0.3) is 0 Å². The Hall–Kier alpha value is -2.20. The molecule has 148 valence electrons.